The first-order chi connectivity index (χ1) is 32.9. The van der Waals surface area contributed by atoms with Crippen molar-refractivity contribution in [1.82, 2.24) is 0 Å². The number of Topliss-reactive ketones (excluding diaryl/α,β-unsaturated/α-hetero) is 1. The molecular formula is C62H112O5. The Labute approximate surface area is 416 Å². The smallest absolute Gasteiger partial charge is 0.132 e. The van der Waals surface area contributed by atoms with Crippen LogP contribution in [0.4, 0.5) is 0 Å². The average Bonchev–Trinajstić information content (AvgIpc) is 4.14. The molecule has 67 heavy (non-hydrogen) atoms. The van der Waals surface area contributed by atoms with Crippen molar-refractivity contribution in [2.24, 2.45) is 5.92 Å². The minimum Gasteiger partial charge on any atom is -0.370 e. The SMILES string of the molecule is C=C(CCCCCCCC1OC1CCC1OC1CCCC)CCC(CCC(=O)CCCCCCCC1OC1CCCCCCCC)CC(=C)CCCCCCCC1OC1CCCCCCCC. The van der Waals surface area contributed by atoms with Crippen LogP contribution >= 0.6 is 0 Å². The highest BCUT2D eigenvalue weighted by atomic mass is 16.6. The number of ketones is 1. The highest BCUT2D eigenvalue weighted by molar-refractivity contribution is 5.78. The van der Waals surface area contributed by atoms with Crippen LogP contribution in [0, 0.1) is 5.92 Å². The fourth-order valence-corrected chi connectivity index (χ4v) is 11.3. The van der Waals surface area contributed by atoms with Gasteiger partial charge in [-0.2, -0.15) is 0 Å². The summed E-state index contributed by atoms with van der Waals surface area (Å²) in [6.45, 7) is 16.0. The van der Waals surface area contributed by atoms with Crippen molar-refractivity contribution >= 4 is 5.78 Å². The third-order valence-electron chi connectivity index (χ3n) is 16.3. The molecule has 0 radical (unpaired) electrons. The predicted molar refractivity (Wildman–Crippen MR) is 286 cm³/mol. The molecule has 4 saturated heterocycles. The van der Waals surface area contributed by atoms with E-state index < -0.39 is 0 Å². The minimum atomic E-state index is 0.483. The lowest BCUT2D eigenvalue weighted by atomic mass is 9.86. The molecule has 4 rings (SSSR count). The van der Waals surface area contributed by atoms with E-state index in [1.807, 2.05) is 0 Å². The molecule has 9 unspecified atom stereocenters. The van der Waals surface area contributed by atoms with Gasteiger partial charge in [-0.1, -0.05) is 212 Å². The van der Waals surface area contributed by atoms with E-state index in [1.165, 1.54) is 242 Å². The van der Waals surface area contributed by atoms with E-state index in [0.29, 0.717) is 60.5 Å². The molecule has 4 aliphatic rings. The average molecular weight is 938 g/mol. The van der Waals surface area contributed by atoms with Crippen LogP contribution in [0.15, 0.2) is 24.3 Å². The van der Waals surface area contributed by atoms with Crippen molar-refractivity contribution in [2.45, 2.75) is 359 Å². The van der Waals surface area contributed by atoms with Gasteiger partial charge in [0.2, 0.25) is 0 Å². The van der Waals surface area contributed by atoms with Crippen LogP contribution in [-0.4, -0.2) is 54.6 Å². The number of carbonyl (C=O) groups is 1. The van der Waals surface area contributed by atoms with Gasteiger partial charge in [0.25, 0.3) is 0 Å². The zero-order valence-electron chi connectivity index (χ0n) is 45.0. The number of epoxide rings is 4. The summed E-state index contributed by atoms with van der Waals surface area (Å²) in [5.74, 6) is 1.04. The Balaban J connectivity index is 1.00. The van der Waals surface area contributed by atoms with Crippen molar-refractivity contribution in [3.63, 3.8) is 0 Å². The fourth-order valence-electron chi connectivity index (χ4n) is 11.3. The Morgan fingerprint density at radius 2 is 0.627 bits per heavy atom. The molecule has 4 heterocycles. The standard InChI is InChI=1S/C62H112O5/c1-6-9-12-14-22-30-39-56-58(64-56)41-32-25-17-20-28-36-52(5)50-53(46-47-54(63)37-29-21-18-26-33-42-59-57(65-59)40-31-23-15-13-10-7-2)45-44-51(4)35-27-19-16-24-34-43-60-62(67-60)49-48-61-55(66-61)38-11-8-3/h53,55-62H,4-50H2,1-3H3. The predicted octanol–water partition coefficient (Wildman–Crippen LogP) is 19.0. The Bertz CT molecular complexity index is 1250. The van der Waals surface area contributed by atoms with E-state index >= 15 is 0 Å². The van der Waals surface area contributed by atoms with Crippen LogP contribution < -0.4 is 0 Å². The number of ether oxygens (including phenoxy) is 4. The lowest BCUT2D eigenvalue weighted by Crippen LogP contribution is -2.07. The van der Waals surface area contributed by atoms with Crippen LogP contribution in [0.3, 0.4) is 0 Å². The third-order valence-corrected chi connectivity index (χ3v) is 16.3. The molecule has 5 heteroatoms. The first-order valence-corrected chi connectivity index (χ1v) is 30.4. The van der Waals surface area contributed by atoms with Crippen LogP contribution in [0.2, 0.25) is 0 Å². The van der Waals surface area contributed by atoms with Crippen LogP contribution in [0.5, 0.6) is 0 Å². The number of allylic oxidation sites excluding steroid dienone is 2. The summed E-state index contributed by atoms with van der Waals surface area (Å²) in [5, 5.41) is 0. The summed E-state index contributed by atoms with van der Waals surface area (Å²) in [5.41, 5.74) is 2.83. The highest BCUT2D eigenvalue weighted by Crippen LogP contribution is 2.38. The maximum absolute atomic E-state index is 13.1. The zero-order valence-corrected chi connectivity index (χ0v) is 45.0. The van der Waals surface area contributed by atoms with E-state index in [-0.39, 0.29) is 0 Å². The molecule has 0 aromatic heterocycles. The van der Waals surface area contributed by atoms with Gasteiger partial charge in [0, 0.05) is 12.8 Å². The van der Waals surface area contributed by atoms with Gasteiger partial charge in [0.05, 0.1) is 48.8 Å². The molecule has 0 N–H and O–H groups in total. The van der Waals surface area contributed by atoms with Gasteiger partial charge in [0.15, 0.2) is 0 Å². The summed E-state index contributed by atoms with van der Waals surface area (Å²) in [6, 6.07) is 0. The van der Waals surface area contributed by atoms with Gasteiger partial charge in [-0.15, -0.1) is 0 Å². The van der Waals surface area contributed by atoms with E-state index in [2.05, 4.69) is 33.9 Å². The summed E-state index contributed by atoms with van der Waals surface area (Å²) >= 11 is 0. The molecule has 0 aliphatic carbocycles. The molecule has 4 aliphatic heterocycles. The molecule has 5 nitrogen and oxygen atoms in total. The lowest BCUT2D eigenvalue weighted by molar-refractivity contribution is -0.119. The van der Waals surface area contributed by atoms with Gasteiger partial charge in [-0.3, -0.25) is 4.79 Å². The molecule has 0 bridgehead atoms. The maximum atomic E-state index is 13.1. The first kappa shape index (κ1) is 58.6. The second kappa shape index (κ2) is 37.7. The van der Waals surface area contributed by atoms with Gasteiger partial charge in [0.1, 0.15) is 5.78 Å². The van der Waals surface area contributed by atoms with E-state index in [1.54, 1.807) is 0 Å². The van der Waals surface area contributed by atoms with Crippen LogP contribution in [-0.2, 0) is 23.7 Å². The van der Waals surface area contributed by atoms with Crippen molar-refractivity contribution in [1.29, 1.82) is 0 Å². The Hall–Kier alpha value is -1.01. The summed E-state index contributed by atoms with van der Waals surface area (Å²) < 4.78 is 23.8. The molecule has 0 spiro atoms. The molecule has 0 amide bonds. The highest BCUT2D eigenvalue weighted by Gasteiger charge is 2.43. The molecule has 0 aromatic rings. The molecule has 390 valence electrons. The second-order valence-electron chi connectivity index (χ2n) is 22.8. The first-order valence-electron chi connectivity index (χ1n) is 30.4. The van der Waals surface area contributed by atoms with E-state index in [4.69, 9.17) is 18.9 Å². The maximum Gasteiger partial charge on any atom is 0.132 e. The topological polar surface area (TPSA) is 67.2 Å². The second-order valence-corrected chi connectivity index (χ2v) is 22.8. The molecule has 0 aromatic carbocycles. The van der Waals surface area contributed by atoms with Crippen LogP contribution in [0.25, 0.3) is 0 Å². The third kappa shape index (κ3) is 30.5. The molecular weight excluding hydrogens is 825 g/mol. The van der Waals surface area contributed by atoms with Gasteiger partial charge in [-0.05, 0) is 115 Å². The Morgan fingerprint density at radius 3 is 1.03 bits per heavy atom. The quantitative estimate of drug-likeness (QED) is 0.0345. The Kier molecular flexibility index (Phi) is 33.0. The summed E-state index contributed by atoms with van der Waals surface area (Å²) in [7, 11) is 0. The minimum absolute atomic E-state index is 0.483. The van der Waals surface area contributed by atoms with Gasteiger partial charge >= 0.3 is 0 Å². The zero-order chi connectivity index (χ0) is 47.6. The number of hydrogen-bond donors (Lipinski definition) is 0. The summed E-state index contributed by atoms with van der Waals surface area (Å²) in [4.78, 5) is 13.1. The molecule has 9 atom stereocenters. The van der Waals surface area contributed by atoms with E-state index in [0.717, 1.165) is 57.8 Å². The number of hydrogen-bond acceptors (Lipinski definition) is 5. The Morgan fingerprint density at radius 1 is 0.328 bits per heavy atom. The van der Waals surface area contributed by atoms with E-state index in [9.17, 15) is 4.79 Å². The van der Waals surface area contributed by atoms with Crippen molar-refractivity contribution in [3.05, 3.63) is 24.3 Å². The van der Waals surface area contributed by atoms with Gasteiger partial charge < -0.3 is 18.9 Å². The van der Waals surface area contributed by atoms with Gasteiger partial charge in [-0.25, -0.2) is 0 Å². The number of rotatable bonds is 52. The fraction of sp³-hybridized carbons (Fsp3) is 0.919. The lowest BCUT2D eigenvalue weighted by Gasteiger charge is -2.19. The monoisotopic (exact) mass is 937 g/mol. The summed E-state index contributed by atoms with van der Waals surface area (Å²) in [6.07, 6.45) is 60.7. The normalized spacial score (nSPS) is 24.2. The number of carbonyl (C=O) groups excluding carboxylic acids is 1. The number of unbranched alkanes of at least 4 members (excludes halogenated alkanes) is 23. The van der Waals surface area contributed by atoms with Crippen molar-refractivity contribution in [2.75, 3.05) is 0 Å². The van der Waals surface area contributed by atoms with Crippen molar-refractivity contribution in [3.8, 4) is 0 Å². The molecule has 0 saturated carbocycles. The largest absolute Gasteiger partial charge is 0.370 e. The molecule has 4 fully saturated rings. The van der Waals surface area contributed by atoms with Crippen LogP contribution in [0.1, 0.15) is 310 Å². The van der Waals surface area contributed by atoms with Crippen molar-refractivity contribution < 1.29 is 23.7 Å².